The van der Waals surface area contributed by atoms with Crippen LogP contribution in [-0.4, -0.2) is 36.5 Å². The summed E-state index contributed by atoms with van der Waals surface area (Å²) in [6.45, 7) is 15.1. The molecule has 0 saturated carbocycles. The number of nitrogens with zero attached hydrogens (tertiary/aromatic N) is 1. The number of rotatable bonds is 1. The molecule has 1 aliphatic carbocycles. The maximum absolute atomic E-state index is 2.70. The fourth-order valence-electron chi connectivity index (χ4n) is 5.02. The van der Waals surface area contributed by atoms with Gasteiger partial charge in [0.15, 0.2) is 5.71 Å². The zero-order chi connectivity index (χ0) is 15.7. The monoisotopic (exact) mass is 304 g/mol. The predicted molar refractivity (Wildman–Crippen MR) is 93.6 cm³/mol. The van der Waals surface area contributed by atoms with Gasteiger partial charge in [-0.05, 0) is 18.3 Å². The van der Waals surface area contributed by atoms with Crippen LogP contribution < -0.4 is 4.90 Å². The molecule has 0 aromatic carbocycles. The fraction of sp³-hybridized carbons (Fsp3) is 0.850. The molecule has 2 saturated heterocycles. The number of hydrogen-bond donors (Lipinski definition) is 1. The maximum Gasteiger partial charge on any atom is 0.182 e. The Balaban J connectivity index is 1.86. The van der Waals surface area contributed by atoms with Gasteiger partial charge in [0.2, 0.25) is 0 Å². The van der Waals surface area contributed by atoms with Crippen LogP contribution in [0.1, 0.15) is 66.2 Å². The first-order valence-electron chi connectivity index (χ1n) is 9.59. The highest BCUT2D eigenvalue weighted by Crippen LogP contribution is 2.33. The summed E-state index contributed by atoms with van der Waals surface area (Å²) in [5.74, 6) is 1.76. The molecule has 2 aliphatic heterocycles. The van der Waals surface area contributed by atoms with Gasteiger partial charge in [-0.15, -0.1) is 0 Å². The second-order valence-corrected chi connectivity index (χ2v) is 9.18. The summed E-state index contributed by atoms with van der Waals surface area (Å²) in [5.41, 5.74) is 3.79. The van der Waals surface area contributed by atoms with Crippen LogP contribution >= 0.6 is 0 Å². The minimum absolute atomic E-state index is 0.438. The molecule has 2 fully saturated rings. The van der Waals surface area contributed by atoms with Crippen molar-refractivity contribution in [3.8, 4) is 0 Å². The Hall–Kier alpha value is -0.630. The van der Waals surface area contributed by atoms with Crippen LogP contribution in [0.25, 0.3) is 0 Å². The van der Waals surface area contributed by atoms with Gasteiger partial charge in [-0.25, -0.2) is 4.58 Å². The Kier molecular flexibility index (Phi) is 4.77. The van der Waals surface area contributed by atoms with Crippen molar-refractivity contribution in [2.45, 2.75) is 66.2 Å². The molecule has 3 rings (SSSR count). The molecule has 0 amide bonds. The Morgan fingerprint density at radius 2 is 1.64 bits per heavy atom. The van der Waals surface area contributed by atoms with E-state index in [2.05, 4.69) is 38.3 Å². The molecule has 0 radical (unpaired) electrons. The van der Waals surface area contributed by atoms with Crippen LogP contribution in [0.15, 0.2) is 11.8 Å². The van der Waals surface area contributed by atoms with Crippen molar-refractivity contribution in [1.29, 1.82) is 0 Å². The van der Waals surface area contributed by atoms with Crippen molar-refractivity contribution in [2.75, 3.05) is 26.2 Å². The van der Waals surface area contributed by atoms with Gasteiger partial charge in [-0.3, -0.25) is 0 Å². The molecule has 1 unspecified atom stereocenters. The highest BCUT2D eigenvalue weighted by Gasteiger charge is 2.37. The molecule has 0 bridgehead atoms. The van der Waals surface area contributed by atoms with Crippen LogP contribution in [-0.2, 0) is 0 Å². The van der Waals surface area contributed by atoms with Crippen molar-refractivity contribution >= 4 is 5.71 Å². The van der Waals surface area contributed by atoms with E-state index in [0.717, 1.165) is 11.8 Å². The molecule has 1 N–H and O–H groups in total. The molecule has 3 atom stereocenters. The SMILES string of the molecule is C[C@@H]1C[C@H](C)C[NH+](C2=CC(=[N+]3CCCCC3)CC(C)(C)C2)C1. The highest BCUT2D eigenvalue weighted by molar-refractivity contribution is 5.92. The van der Waals surface area contributed by atoms with Gasteiger partial charge in [0.1, 0.15) is 18.8 Å². The van der Waals surface area contributed by atoms with Gasteiger partial charge in [-0.2, -0.15) is 0 Å². The lowest BCUT2D eigenvalue weighted by atomic mass is 9.77. The van der Waals surface area contributed by atoms with Crippen LogP contribution in [0.4, 0.5) is 0 Å². The summed E-state index contributed by atoms with van der Waals surface area (Å²) in [7, 11) is 0. The largest absolute Gasteiger partial charge is 0.305 e. The van der Waals surface area contributed by atoms with E-state index in [-0.39, 0.29) is 0 Å². The number of hydrogen-bond acceptors (Lipinski definition) is 0. The second-order valence-electron chi connectivity index (χ2n) is 9.18. The normalized spacial score (nSPS) is 36.2. The van der Waals surface area contributed by atoms with Gasteiger partial charge in [0.05, 0.1) is 19.2 Å². The average molecular weight is 305 g/mol. The van der Waals surface area contributed by atoms with Crippen LogP contribution in [0.2, 0.25) is 0 Å². The Morgan fingerprint density at radius 3 is 2.27 bits per heavy atom. The highest BCUT2D eigenvalue weighted by atomic mass is 15.2. The summed E-state index contributed by atoms with van der Waals surface area (Å²) in [5, 5.41) is 0. The molecular weight excluding hydrogens is 268 g/mol. The van der Waals surface area contributed by atoms with Gasteiger partial charge in [0, 0.05) is 37.5 Å². The smallest absolute Gasteiger partial charge is 0.182 e. The zero-order valence-corrected chi connectivity index (χ0v) is 15.3. The quantitative estimate of drug-likeness (QED) is 0.713. The minimum atomic E-state index is 0.438. The van der Waals surface area contributed by atoms with E-state index in [4.69, 9.17) is 0 Å². The van der Waals surface area contributed by atoms with E-state index in [1.807, 2.05) is 0 Å². The molecular formula is C20H36N2+2. The third-order valence-electron chi connectivity index (χ3n) is 5.88. The molecule has 3 aliphatic rings. The number of piperidine rings is 2. The van der Waals surface area contributed by atoms with Crippen molar-refractivity contribution in [3.63, 3.8) is 0 Å². The number of quaternary nitrogens is 1. The van der Waals surface area contributed by atoms with E-state index < -0.39 is 0 Å². The summed E-state index contributed by atoms with van der Waals surface area (Å²) in [6, 6.07) is 0. The van der Waals surface area contributed by atoms with Gasteiger partial charge >= 0.3 is 0 Å². The van der Waals surface area contributed by atoms with E-state index in [1.165, 1.54) is 64.7 Å². The van der Waals surface area contributed by atoms with Crippen molar-refractivity contribution in [1.82, 2.24) is 0 Å². The first kappa shape index (κ1) is 16.2. The summed E-state index contributed by atoms with van der Waals surface area (Å²) >= 11 is 0. The Bertz CT molecular complexity index is 454. The molecule has 2 nitrogen and oxygen atoms in total. The predicted octanol–water partition coefficient (Wildman–Crippen LogP) is 2.89. The standard InChI is InChI=1S/C20H35N2/c1-16-10-17(2)15-22(14-16)19-11-18(12-20(3,4)13-19)21-8-6-5-7-9-21/h11,16-17H,5-10,12-15H2,1-4H3/q+1/p+1/t16-,17+. The first-order chi connectivity index (χ1) is 10.4. The van der Waals surface area contributed by atoms with E-state index in [0.29, 0.717) is 5.41 Å². The fourth-order valence-corrected chi connectivity index (χ4v) is 5.02. The third kappa shape index (κ3) is 3.82. The summed E-state index contributed by atoms with van der Waals surface area (Å²) in [6.07, 6.45) is 10.8. The Labute approximate surface area is 137 Å². The van der Waals surface area contributed by atoms with Gasteiger partial charge in [-0.1, -0.05) is 27.7 Å². The van der Waals surface area contributed by atoms with Gasteiger partial charge < -0.3 is 4.90 Å². The van der Waals surface area contributed by atoms with Crippen molar-refractivity contribution in [2.24, 2.45) is 17.3 Å². The number of likely N-dealkylation sites (tertiary alicyclic amines) is 1. The molecule has 0 aromatic rings. The molecule has 0 aromatic heterocycles. The lowest BCUT2D eigenvalue weighted by Gasteiger charge is -2.37. The van der Waals surface area contributed by atoms with E-state index >= 15 is 0 Å². The van der Waals surface area contributed by atoms with E-state index in [9.17, 15) is 0 Å². The van der Waals surface area contributed by atoms with Crippen LogP contribution in [0.3, 0.4) is 0 Å². The molecule has 22 heavy (non-hydrogen) atoms. The molecule has 124 valence electrons. The van der Waals surface area contributed by atoms with Gasteiger partial charge in [0.25, 0.3) is 0 Å². The average Bonchev–Trinajstić information content (AvgIpc) is 2.45. The number of nitrogens with one attached hydrogen (secondary N) is 1. The molecule has 2 heterocycles. The Morgan fingerprint density at radius 1 is 1.00 bits per heavy atom. The zero-order valence-electron chi connectivity index (χ0n) is 15.3. The van der Waals surface area contributed by atoms with Crippen molar-refractivity contribution < 1.29 is 9.48 Å². The lowest BCUT2D eigenvalue weighted by Crippen LogP contribution is -3.12. The molecule has 2 heteroatoms. The van der Waals surface area contributed by atoms with Crippen molar-refractivity contribution in [3.05, 3.63) is 11.8 Å². The first-order valence-corrected chi connectivity index (χ1v) is 9.59. The second kappa shape index (κ2) is 6.47. The molecule has 0 spiro atoms. The topological polar surface area (TPSA) is 7.45 Å². The maximum atomic E-state index is 2.70. The minimum Gasteiger partial charge on any atom is -0.305 e. The van der Waals surface area contributed by atoms with Crippen LogP contribution in [0.5, 0.6) is 0 Å². The third-order valence-corrected chi connectivity index (χ3v) is 5.88. The lowest BCUT2D eigenvalue weighted by molar-refractivity contribution is -0.876. The van der Waals surface area contributed by atoms with E-state index in [1.54, 1.807) is 16.3 Å². The summed E-state index contributed by atoms with van der Waals surface area (Å²) < 4.78 is 2.70. The number of allylic oxidation sites excluding steroid dienone is 2. The summed E-state index contributed by atoms with van der Waals surface area (Å²) in [4.78, 5) is 1.79. The van der Waals surface area contributed by atoms with Crippen LogP contribution in [0, 0.1) is 17.3 Å².